The van der Waals surface area contributed by atoms with Gasteiger partial charge in [-0.25, -0.2) is 0 Å². The Bertz CT molecular complexity index is 455. The average molecular weight is 262 g/mol. The summed E-state index contributed by atoms with van der Waals surface area (Å²) in [6.45, 7) is 0. The van der Waals surface area contributed by atoms with Gasteiger partial charge in [0.1, 0.15) is 0 Å². The predicted molar refractivity (Wildman–Crippen MR) is 69.5 cm³/mol. The Morgan fingerprint density at radius 2 is 2.21 bits per heavy atom. The highest BCUT2D eigenvalue weighted by molar-refractivity contribution is 5.78. The van der Waals surface area contributed by atoms with Gasteiger partial charge in [0, 0.05) is 18.8 Å². The first-order valence-corrected chi connectivity index (χ1v) is 6.51. The number of aliphatic carboxylic acids is 1. The van der Waals surface area contributed by atoms with Crippen LogP contribution in [0.15, 0.2) is 24.5 Å². The Morgan fingerprint density at radius 3 is 2.74 bits per heavy atom. The molecule has 2 N–H and O–H groups in total. The van der Waals surface area contributed by atoms with Gasteiger partial charge < -0.3 is 10.4 Å². The number of amides is 1. The van der Waals surface area contributed by atoms with Crippen molar-refractivity contribution < 1.29 is 14.7 Å². The van der Waals surface area contributed by atoms with Crippen LogP contribution in [0.4, 0.5) is 0 Å². The van der Waals surface area contributed by atoms with Gasteiger partial charge in [-0.15, -0.1) is 0 Å². The van der Waals surface area contributed by atoms with Crippen molar-refractivity contribution in [3.63, 3.8) is 0 Å². The maximum Gasteiger partial charge on any atom is 0.305 e. The summed E-state index contributed by atoms with van der Waals surface area (Å²) >= 11 is 0. The molecular formula is C14H18N2O3. The van der Waals surface area contributed by atoms with Crippen LogP contribution in [0.3, 0.4) is 0 Å². The fourth-order valence-corrected chi connectivity index (χ4v) is 2.40. The highest BCUT2D eigenvalue weighted by Gasteiger charge is 2.40. The van der Waals surface area contributed by atoms with Crippen LogP contribution in [-0.4, -0.2) is 27.5 Å². The van der Waals surface area contributed by atoms with E-state index in [4.69, 9.17) is 5.11 Å². The zero-order valence-corrected chi connectivity index (χ0v) is 10.8. The van der Waals surface area contributed by atoms with Gasteiger partial charge in [0.05, 0.1) is 12.0 Å². The number of nitrogens with zero attached hydrogens (tertiary/aromatic N) is 1. The Hall–Kier alpha value is -1.91. The minimum absolute atomic E-state index is 0.0195. The van der Waals surface area contributed by atoms with Crippen molar-refractivity contribution in [3.8, 4) is 0 Å². The first kappa shape index (κ1) is 13.5. The van der Waals surface area contributed by atoms with Crippen molar-refractivity contribution in [1.82, 2.24) is 10.3 Å². The first-order valence-electron chi connectivity index (χ1n) is 6.51. The predicted octanol–water partition coefficient (Wildman–Crippen LogP) is 1.53. The number of hydrogen-bond donors (Lipinski definition) is 2. The summed E-state index contributed by atoms with van der Waals surface area (Å²) in [6.07, 6.45) is 6.96. The molecule has 102 valence electrons. The monoisotopic (exact) mass is 262 g/mol. The van der Waals surface area contributed by atoms with Gasteiger partial charge in [0.2, 0.25) is 5.91 Å². The molecule has 0 saturated heterocycles. The van der Waals surface area contributed by atoms with E-state index in [2.05, 4.69) is 10.3 Å². The molecular weight excluding hydrogens is 244 g/mol. The fraction of sp³-hybridized carbons (Fsp3) is 0.500. The molecule has 1 aliphatic rings. The van der Waals surface area contributed by atoms with E-state index in [1.165, 1.54) is 0 Å². The zero-order chi connectivity index (χ0) is 13.7. The Labute approximate surface area is 112 Å². The zero-order valence-electron chi connectivity index (χ0n) is 10.8. The summed E-state index contributed by atoms with van der Waals surface area (Å²) in [6, 6.07) is 3.77. The number of carbonyl (C=O) groups is 2. The smallest absolute Gasteiger partial charge is 0.305 e. The van der Waals surface area contributed by atoms with Gasteiger partial charge >= 0.3 is 5.97 Å². The lowest BCUT2D eigenvalue weighted by atomic mass is 9.74. The molecule has 0 aromatic carbocycles. The molecule has 1 heterocycles. The number of pyridine rings is 1. The summed E-state index contributed by atoms with van der Waals surface area (Å²) in [5.41, 5.74) is 0.510. The molecule has 1 amide bonds. The maximum absolute atomic E-state index is 11.9. The highest BCUT2D eigenvalue weighted by atomic mass is 16.4. The largest absolute Gasteiger partial charge is 0.481 e. The van der Waals surface area contributed by atoms with E-state index in [-0.39, 0.29) is 12.3 Å². The van der Waals surface area contributed by atoms with Crippen molar-refractivity contribution >= 4 is 11.9 Å². The van der Waals surface area contributed by atoms with E-state index in [1.54, 1.807) is 12.4 Å². The molecule has 1 fully saturated rings. The molecule has 0 unspecified atom stereocenters. The molecule has 5 nitrogen and oxygen atoms in total. The number of rotatable bonds is 6. The third-order valence-corrected chi connectivity index (χ3v) is 3.57. The van der Waals surface area contributed by atoms with Crippen molar-refractivity contribution in [2.24, 2.45) is 0 Å². The van der Waals surface area contributed by atoms with Gasteiger partial charge in [-0.05, 0) is 37.3 Å². The van der Waals surface area contributed by atoms with Crippen LogP contribution in [0.25, 0.3) is 0 Å². The molecule has 2 rings (SSSR count). The van der Waals surface area contributed by atoms with Crippen LogP contribution in [0.1, 0.15) is 37.7 Å². The van der Waals surface area contributed by atoms with Crippen molar-refractivity contribution in [1.29, 1.82) is 0 Å². The second-order valence-corrected chi connectivity index (χ2v) is 5.11. The van der Waals surface area contributed by atoms with Crippen LogP contribution in [0.5, 0.6) is 0 Å². The summed E-state index contributed by atoms with van der Waals surface area (Å²) in [4.78, 5) is 26.7. The third-order valence-electron chi connectivity index (χ3n) is 3.57. The van der Waals surface area contributed by atoms with E-state index in [0.717, 1.165) is 24.8 Å². The minimum atomic E-state index is -0.854. The molecule has 5 heteroatoms. The summed E-state index contributed by atoms with van der Waals surface area (Å²) in [7, 11) is 0. The van der Waals surface area contributed by atoms with Gasteiger partial charge in [-0.3, -0.25) is 14.6 Å². The molecule has 19 heavy (non-hydrogen) atoms. The summed E-state index contributed by atoms with van der Waals surface area (Å²) in [5.74, 6) is -0.933. The summed E-state index contributed by atoms with van der Waals surface area (Å²) in [5, 5.41) is 11.8. The quantitative estimate of drug-likeness (QED) is 0.814. The minimum Gasteiger partial charge on any atom is -0.481 e. The van der Waals surface area contributed by atoms with Crippen LogP contribution in [0, 0.1) is 0 Å². The second kappa shape index (κ2) is 5.82. The lowest BCUT2D eigenvalue weighted by Gasteiger charge is -2.41. The Morgan fingerprint density at radius 1 is 1.42 bits per heavy atom. The number of carboxylic acid groups (broad SMARTS) is 1. The average Bonchev–Trinajstić information content (AvgIpc) is 2.34. The number of hydrogen-bond acceptors (Lipinski definition) is 3. The third kappa shape index (κ3) is 3.77. The van der Waals surface area contributed by atoms with Gasteiger partial charge in [-0.2, -0.15) is 0 Å². The number of aromatic nitrogens is 1. The molecule has 1 aromatic rings. The Kier molecular flexibility index (Phi) is 4.14. The van der Waals surface area contributed by atoms with Crippen molar-refractivity contribution in [2.75, 3.05) is 0 Å². The molecule has 0 atom stereocenters. The molecule has 0 spiro atoms. The van der Waals surface area contributed by atoms with Gasteiger partial charge in [0.25, 0.3) is 0 Å². The van der Waals surface area contributed by atoms with Crippen molar-refractivity contribution in [3.05, 3.63) is 30.1 Å². The molecule has 0 aliphatic heterocycles. The molecule has 0 bridgehead atoms. The molecule has 1 saturated carbocycles. The van der Waals surface area contributed by atoms with Crippen LogP contribution in [-0.2, 0) is 16.0 Å². The lowest BCUT2D eigenvalue weighted by Crippen LogP contribution is -2.54. The van der Waals surface area contributed by atoms with Crippen LogP contribution >= 0.6 is 0 Å². The number of carbonyl (C=O) groups excluding carboxylic acids is 1. The van der Waals surface area contributed by atoms with E-state index in [0.29, 0.717) is 12.8 Å². The normalized spacial score (nSPS) is 16.4. The summed E-state index contributed by atoms with van der Waals surface area (Å²) < 4.78 is 0. The Balaban J connectivity index is 1.82. The SMILES string of the molecule is O=C(O)CC1(NC(=O)CCc2cccnc2)CCC1. The van der Waals surface area contributed by atoms with Gasteiger partial charge in [0.15, 0.2) is 0 Å². The highest BCUT2D eigenvalue weighted by Crippen LogP contribution is 2.34. The standard InChI is InChI=1S/C14H18N2O3/c17-12(5-4-11-3-1-8-15-10-11)16-14(6-2-7-14)9-13(18)19/h1,3,8,10H,2,4-7,9H2,(H,16,17)(H,18,19). The van der Waals surface area contributed by atoms with Gasteiger partial charge in [-0.1, -0.05) is 6.07 Å². The van der Waals surface area contributed by atoms with E-state index in [9.17, 15) is 9.59 Å². The van der Waals surface area contributed by atoms with Crippen molar-refractivity contribution in [2.45, 2.75) is 44.1 Å². The lowest BCUT2D eigenvalue weighted by molar-refractivity contribution is -0.140. The van der Waals surface area contributed by atoms with Crippen LogP contribution in [0.2, 0.25) is 0 Å². The molecule has 1 aliphatic carbocycles. The number of carboxylic acids is 1. The fourth-order valence-electron chi connectivity index (χ4n) is 2.40. The number of nitrogens with one attached hydrogen (secondary N) is 1. The van der Waals surface area contributed by atoms with E-state index in [1.807, 2.05) is 12.1 Å². The van der Waals surface area contributed by atoms with E-state index >= 15 is 0 Å². The number of aryl methyl sites for hydroxylation is 1. The second-order valence-electron chi connectivity index (χ2n) is 5.11. The van der Waals surface area contributed by atoms with Crippen LogP contribution < -0.4 is 5.32 Å². The topological polar surface area (TPSA) is 79.3 Å². The molecule has 1 aromatic heterocycles. The maximum atomic E-state index is 11.9. The molecule has 0 radical (unpaired) electrons. The first-order chi connectivity index (χ1) is 9.10. The van der Waals surface area contributed by atoms with E-state index < -0.39 is 11.5 Å².